The van der Waals surface area contributed by atoms with Crippen LogP contribution in [0.5, 0.6) is 0 Å². The van der Waals surface area contributed by atoms with Crippen LogP contribution in [0.3, 0.4) is 0 Å². The molecule has 1 amide bonds. The second kappa shape index (κ2) is 6.97. The Hall–Kier alpha value is -2.47. The van der Waals surface area contributed by atoms with Crippen molar-refractivity contribution in [2.45, 2.75) is 20.3 Å². The molecule has 1 heterocycles. The molecule has 0 saturated carbocycles. The van der Waals surface area contributed by atoms with Crippen LogP contribution >= 0.6 is 15.9 Å². The van der Waals surface area contributed by atoms with Crippen molar-refractivity contribution >= 4 is 27.9 Å². The van der Waals surface area contributed by atoms with Gasteiger partial charge in [-0.05, 0) is 48.7 Å². The van der Waals surface area contributed by atoms with Gasteiger partial charge in [0, 0.05) is 10.0 Å². The Labute approximate surface area is 148 Å². The number of benzene rings is 2. The summed E-state index contributed by atoms with van der Waals surface area (Å²) in [6, 6.07) is 13.6. The molecule has 0 atom stereocenters. The first-order valence-corrected chi connectivity index (χ1v) is 8.26. The van der Waals surface area contributed by atoms with Crippen molar-refractivity contribution < 1.29 is 9.21 Å². The third-order valence-corrected chi connectivity index (χ3v) is 4.17. The number of nitrogens with zero attached hydrogens (tertiary/aromatic N) is 2. The summed E-state index contributed by atoms with van der Waals surface area (Å²) in [6.07, 6.45) is 0.260. The average molecular weight is 386 g/mol. The van der Waals surface area contributed by atoms with E-state index in [2.05, 4.69) is 31.4 Å². The minimum atomic E-state index is -0.192. The fraction of sp³-hybridized carbons (Fsp3) is 0.167. The first-order chi connectivity index (χ1) is 11.5. The third-order valence-electron chi connectivity index (χ3n) is 3.68. The van der Waals surface area contributed by atoms with Gasteiger partial charge < -0.3 is 4.42 Å². The molecule has 5 nitrogen and oxygen atoms in total. The highest BCUT2D eigenvalue weighted by atomic mass is 79.9. The maximum Gasteiger partial charge on any atom is 0.322 e. The average Bonchev–Trinajstić information content (AvgIpc) is 2.99. The van der Waals surface area contributed by atoms with Crippen LogP contribution < -0.4 is 5.32 Å². The van der Waals surface area contributed by atoms with Crippen LogP contribution in [-0.4, -0.2) is 16.1 Å². The zero-order valence-electron chi connectivity index (χ0n) is 13.3. The fourth-order valence-corrected chi connectivity index (χ4v) is 2.67. The van der Waals surface area contributed by atoms with Crippen molar-refractivity contribution in [2.24, 2.45) is 0 Å². The van der Waals surface area contributed by atoms with Gasteiger partial charge in [-0.25, -0.2) is 0 Å². The number of halogens is 1. The molecule has 0 unspecified atom stereocenters. The Morgan fingerprint density at radius 3 is 2.71 bits per heavy atom. The molecule has 122 valence electrons. The van der Waals surface area contributed by atoms with Gasteiger partial charge in [0.2, 0.25) is 11.8 Å². The number of aromatic nitrogens is 2. The zero-order chi connectivity index (χ0) is 17.1. The molecule has 2 aromatic carbocycles. The third kappa shape index (κ3) is 3.89. The summed E-state index contributed by atoms with van der Waals surface area (Å²) < 4.78 is 6.42. The summed E-state index contributed by atoms with van der Waals surface area (Å²) >= 11 is 3.39. The fourth-order valence-electron chi connectivity index (χ4n) is 2.27. The van der Waals surface area contributed by atoms with E-state index in [1.807, 2.05) is 56.3 Å². The van der Waals surface area contributed by atoms with E-state index < -0.39 is 0 Å². The van der Waals surface area contributed by atoms with Gasteiger partial charge in [0.1, 0.15) is 0 Å². The second-order valence-corrected chi connectivity index (χ2v) is 6.48. The number of nitrogens with one attached hydrogen (secondary N) is 1. The SMILES string of the molecule is Cc1ccc(CC(=O)Nc2nnc(-c3cccc(Br)c3)o2)cc1C. The van der Waals surface area contributed by atoms with Gasteiger partial charge in [0.15, 0.2) is 0 Å². The number of rotatable bonds is 4. The lowest BCUT2D eigenvalue weighted by atomic mass is 10.0. The maximum absolute atomic E-state index is 12.1. The number of hydrogen-bond donors (Lipinski definition) is 1. The summed E-state index contributed by atoms with van der Waals surface area (Å²) in [4.78, 5) is 12.1. The number of amides is 1. The minimum Gasteiger partial charge on any atom is -0.403 e. The van der Waals surface area contributed by atoms with Crippen LogP contribution in [0.1, 0.15) is 16.7 Å². The zero-order valence-corrected chi connectivity index (χ0v) is 14.9. The van der Waals surface area contributed by atoms with Crippen molar-refractivity contribution in [3.63, 3.8) is 0 Å². The van der Waals surface area contributed by atoms with Crippen molar-refractivity contribution in [2.75, 3.05) is 5.32 Å². The van der Waals surface area contributed by atoms with E-state index >= 15 is 0 Å². The molecular formula is C18H16BrN3O2. The highest BCUT2D eigenvalue weighted by Crippen LogP contribution is 2.23. The summed E-state index contributed by atoms with van der Waals surface area (Å²) in [5.41, 5.74) is 4.10. The van der Waals surface area contributed by atoms with E-state index in [1.165, 1.54) is 5.56 Å². The van der Waals surface area contributed by atoms with Crippen LogP contribution in [0.25, 0.3) is 11.5 Å². The van der Waals surface area contributed by atoms with Gasteiger partial charge in [-0.15, -0.1) is 5.10 Å². The molecule has 0 aliphatic rings. The molecular weight excluding hydrogens is 370 g/mol. The van der Waals surface area contributed by atoms with E-state index in [0.29, 0.717) is 5.89 Å². The molecule has 0 aliphatic heterocycles. The lowest BCUT2D eigenvalue weighted by molar-refractivity contribution is -0.115. The molecule has 0 fully saturated rings. The number of carbonyl (C=O) groups is 1. The van der Waals surface area contributed by atoms with Gasteiger partial charge in [-0.3, -0.25) is 10.1 Å². The summed E-state index contributed by atoms with van der Waals surface area (Å²) in [5, 5.41) is 10.5. The normalized spacial score (nSPS) is 10.6. The predicted octanol–water partition coefficient (Wildman–Crippen LogP) is 4.30. The Morgan fingerprint density at radius 1 is 1.12 bits per heavy atom. The van der Waals surface area contributed by atoms with Crippen LogP contribution in [0.4, 0.5) is 6.01 Å². The van der Waals surface area contributed by atoms with E-state index in [1.54, 1.807) is 0 Å². The van der Waals surface area contributed by atoms with Crippen LogP contribution in [-0.2, 0) is 11.2 Å². The Kier molecular flexibility index (Phi) is 4.76. The van der Waals surface area contributed by atoms with Crippen molar-refractivity contribution in [1.29, 1.82) is 0 Å². The smallest absolute Gasteiger partial charge is 0.322 e. The summed E-state index contributed by atoms with van der Waals surface area (Å²) in [7, 11) is 0. The van der Waals surface area contributed by atoms with Crippen molar-refractivity contribution in [3.05, 3.63) is 63.6 Å². The molecule has 0 bridgehead atoms. The maximum atomic E-state index is 12.1. The van der Waals surface area contributed by atoms with E-state index in [9.17, 15) is 4.79 Å². The predicted molar refractivity (Wildman–Crippen MR) is 95.7 cm³/mol. The highest BCUT2D eigenvalue weighted by molar-refractivity contribution is 9.10. The van der Waals surface area contributed by atoms with Gasteiger partial charge in [0.25, 0.3) is 0 Å². The number of hydrogen-bond acceptors (Lipinski definition) is 4. The molecule has 1 N–H and O–H groups in total. The van der Waals surface area contributed by atoms with E-state index in [4.69, 9.17) is 4.42 Å². The van der Waals surface area contributed by atoms with Crippen LogP contribution in [0, 0.1) is 13.8 Å². The summed E-state index contributed by atoms with van der Waals surface area (Å²) in [5.74, 6) is 0.167. The van der Waals surface area contributed by atoms with Gasteiger partial charge >= 0.3 is 6.01 Å². The van der Waals surface area contributed by atoms with Crippen molar-refractivity contribution in [1.82, 2.24) is 10.2 Å². The van der Waals surface area contributed by atoms with Gasteiger partial charge in [-0.1, -0.05) is 45.3 Å². The lowest BCUT2D eigenvalue weighted by Gasteiger charge is -2.04. The van der Waals surface area contributed by atoms with Crippen LogP contribution in [0.15, 0.2) is 51.4 Å². The molecule has 1 aromatic heterocycles. The molecule has 0 spiro atoms. The van der Waals surface area contributed by atoms with Gasteiger partial charge in [-0.2, -0.15) is 0 Å². The van der Waals surface area contributed by atoms with E-state index in [0.717, 1.165) is 21.2 Å². The molecule has 0 aliphatic carbocycles. The van der Waals surface area contributed by atoms with Gasteiger partial charge in [0.05, 0.1) is 6.42 Å². The minimum absolute atomic E-state index is 0.0961. The summed E-state index contributed by atoms with van der Waals surface area (Å²) in [6.45, 7) is 4.07. The number of carbonyl (C=O) groups excluding carboxylic acids is 1. The standard InChI is InChI=1S/C18H16BrN3O2/c1-11-6-7-13(8-12(11)2)9-16(23)20-18-22-21-17(24-18)14-4-3-5-15(19)10-14/h3-8,10H,9H2,1-2H3,(H,20,22,23). The van der Waals surface area contributed by atoms with Crippen molar-refractivity contribution in [3.8, 4) is 11.5 Å². The molecule has 3 aromatic rings. The largest absolute Gasteiger partial charge is 0.403 e. The molecule has 0 radical (unpaired) electrons. The highest BCUT2D eigenvalue weighted by Gasteiger charge is 2.12. The Balaban J connectivity index is 1.68. The molecule has 3 rings (SSSR count). The molecule has 0 saturated heterocycles. The Morgan fingerprint density at radius 2 is 1.96 bits per heavy atom. The second-order valence-electron chi connectivity index (χ2n) is 5.57. The first-order valence-electron chi connectivity index (χ1n) is 7.47. The Bertz CT molecular complexity index is 889. The topological polar surface area (TPSA) is 68.0 Å². The first kappa shape index (κ1) is 16.4. The van der Waals surface area contributed by atoms with Crippen LogP contribution in [0.2, 0.25) is 0 Å². The lowest BCUT2D eigenvalue weighted by Crippen LogP contribution is -2.14. The number of aryl methyl sites for hydroxylation is 2. The monoisotopic (exact) mass is 385 g/mol. The molecule has 6 heteroatoms. The quantitative estimate of drug-likeness (QED) is 0.726. The molecule has 24 heavy (non-hydrogen) atoms. The number of anilines is 1. The van der Waals surface area contributed by atoms with E-state index in [-0.39, 0.29) is 18.3 Å².